The van der Waals surface area contributed by atoms with Crippen LogP contribution in [0.25, 0.3) is 0 Å². The molecule has 0 fully saturated rings. The molecule has 0 heterocycles. The van der Waals surface area contributed by atoms with Gasteiger partial charge in [-0.3, -0.25) is 0 Å². The van der Waals surface area contributed by atoms with Crippen LogP contribution in [0.3, 0.4) is 0 Å². The van der Waals surface area contributed by atoms with Crippen molar-refractivity contribution in [3.63, 3.8) is 0 Å². The Labute approximate surface area is 119 Å². The minimum Gasteiger partial charge on any atom is -0.388 e. The Bertz CT molecular complexity index is 522. The van der Waals surface area contributed by atoms with Crippen LogP contribution in [0.2, 0.25) is 5.02 Å². The Morgan fingerprint density at radius 1 is 1.11 bits per heavy atom. The van der Waals surface area contributed by atoms with Gasteiger partial charge in [0.15, 0.2) is 0 Å². The molecule has 0 aliphatic carbocycles. The van der Waals surface area contributed by atoms with Crippen molar-refractivity contribution in [3.8, 4) is 0 Å². The lowest BCUT2D eigenvalue weighted by Crippen LogP contribution is -1.99. The van der Waals surface area contributed by atoms with Crippen LogP contribution in [0.1, 0.15) is 35.6 Å². The number of halogens is 1. The fraction of sp³-hybridized carbons (Fsp3) is 0.294. The van der Waals surface area contributed by atoms with Gasteiger partial charge in [0.1, 0.15) is 0 Å². The Kier molecular flexibility index (Phi) is 5.00. The summed E-state index contributed by atoms with van der Waals surface area (Å²) in [6.07, 6.45) is 2.35. The third-order valence-corrected chi connectivity index (χ3v) is 3.78. The quantitative estimate of drug-likeness (QED) is 0.837. The fourth-order valence-electron chi connectivity index (χ4n) is 2.19. The molecule has 0 saturated heterocycles. The molecule has 0 aromatic heterocycles. The maximum absolute atomic E-state index is 10.2. The standard InChI is InChI=1S/C17H19ClO/c1-13-12-15(10-11-16(13)18)17(19)9-5-8-14-6-3-2-4-7-14/h2-4,6-7,10-12,17,19H,5,8-9H2,1H3. The molecule has 1 atom stereocenters. The second-order valence-electron chi connectivity index (χ2n) is 4.90. The predicted molar refractivity (Wildman–Crippen MR) is 80.5 cm³/mol. The summed E-state index contributed by atoms with van der Waals surface area (Å²) in [5, 5.41) is 10.9. The van der Waals surface area contributed by atoms with E-state index in [4.69, 9.17) is 11.6 Å². The first-order valence-electron chi connectivity index (χ1n) is 6.65. The SMILES string of the molecule is Cc1cc(C(O)CCCc2ccccc2)ccc1Cl. The number of rotatable bonds is 5. The number of aliphatic hydroxyl groups is 1. The van der Waals surface area contributed by atoms with Gasteiger partial charge in [-0.1, -0.05) is 54.1 Å². The van der Waals surface area contributed by atoms with Gasteiger partial charge in [-0.2, -0.15) is 0 Å². The summed E-state index contributed by atoms with van der Waals surface area (Å²) in [6.45, 7) is 1.96. The first-order valence-corrected chi connectivity index (χ1v) is 7.02. The zero-order chi connectivity index (χ0) is 13.7. The van der Waals surface area contributed by atoms with Gasteiger partial charge in [0, 0.05) is 5.02 Å². The van der Waals surface area contributed by atoms with Gasteiger partial charge in [0.25, 0.3) is 0 Å². The van der Waals surface area contributed by atoms with Gasteiger partial charge in [-0.05, 0) is 48.9 Å². The Morgan fingerprint density at radius 3 is 2.53 bits per heavy atom. The van der Waals surface area contributed by atoms with E-state index in [1.165, 1.54) is 5.56 Å². The lowest BCUT2D eigenvalue weighted by atomic mass is 10.00. The van der Waals surface area contributed by atoms with Crippen molar-refractivity contribution >= 4 is 11.6 Å². The molecule has 2 aromatic carbocycles. The molecule has 0 bridgehead atoms. The number of aryl methyl sites for hydroxylation is 2. The van der Waals surface area contributed by atoms with Crippen LogP contribution in [-0.2, 0) is 6.42 Å². The molecular formula is C17H19ClO. The van der Waals surface area contributed by atoms with Crippen molar-refractivity contribution in [2.24, 2.45) is 0 Å². The van der Waals surface area contributed by atoms with Gasteiger partial charge in [-0.25, -0.2) is 0 Å². The van der Waals surface area contributed by atoms with Crippen LogP contribution in [-0.4, -0.2) is 5.11 Å². The Balaban J connectivity index is 1.87. The fourth-order valence-corrected chi connectivity index (χ4v) is 2.30. The smallest absolute Gasteiger partial charge is 0.0790 e. The predicted octanol–water partition coefficient (Wildman–Crippen LogP) is 4.70. The average molecular weight is 275 g/mol. The molecule has 2 rings (SSSR count). The highest BCUT2D eigenvalue weighted by atomic mass is 35.5. The van der Waals surface area contributed by atoms with Crippen molar-refractivity contribution in [1.82, 2.24) is 0 Å². The molecule has 2 heteroatoms. The first-order chi connectivity index (χ1) is 9.16. The van der Waals surface area contributed by atoms with Crippen LogP contribution < -0.4 is 0 Å². The molecule has 0 spiro atoms. The van der Waals surface area contributed by atoms with Crippen LogP contribution in [0.15, 0.2) is 48.5 Å². The molecule has 0 aliphatic heterocycles. The first kappa shape index (κ1) is 14.1. The highest BCUT2D eigenvalue weighted by Crippen LogP contribution is 2.24. The topological polar surface area (TPSA) is 20.2 Å². The summed E-state index contributed by atoms with van der Waals surface area (Å²) < 4.78 is 0. The largest absolute Gasteiger partial charge is 0.388 e. The Hall–Kier alpha value is -1.31. The number of aliphatic hydroxyl groups excluding tert-OH is 1. The van der Waals surface area contributed by atoms with Gasteiger partial charge in [0.2, 0.25) is 0 Å². The van der Waals surface area contributed by atoms with Crippen LogP contribution in [0, 0.1) is 6.92 Å². The van der Waals surface area contributed by atoms with E-state index in [0.717, 1.165) is 35.4 Å². The molecule has 1 N–H and O–H groups in total. The van der Waals surface area contributed by atoms with Gasteiger partial charge >= 0.3 is 0 Å². The number of hydrogen-bond acceptors (Lipinski definition) is 1. The summed E-state index contributed by atoms with van der Waals surface area (Å²) in [7, 11) is 0. The Morgan fingerprint density at radius 2 is 1.84 bits per heavy atom. The summed E-state index contributed by atoms with van der Waals surface area (Å²) >= 11 is 5.99. The third-order valence-electron chi connectivity index (χ3n) is 3.35. The summed E-state index contributed by atoms with van der Waals surface area (Å²) in [5.41, 5.74) is 3.29. The maximum Gasteiger partial charge on any atom is 0.0790 e. The van der Waals surface area contributed by atoms with Crippen molar-refractivity contribution in [2.75, 3.05) is 0 Å². The highest BCUT2D eigenvalue weighted by Gasteiger charge is 2.08. The summed E-state index contributed by atoms with van der Waals surface area (Å²) in [6, 6.07) is 16.1. The van der Waals surface area contributed by atoms with E-state index in [1.54, 1.807) is 0 Å². The van der Waals surface area contributed by atoms with Gasteiger partial charge < -0.3 is 5.11 Å². The van der Waals surface area contributed by atoms with Crippen molar-refractivity contribution < 1.29 is 5.11 Å². The van der Waals surface area contributed by atoms with Crippen LogP contribution >= 0.6 is 11.6 Å². The second kappa shape index (κ2) is 6.74. The monoisotopic (exact) mass is 274 g/mol. The van der Waals surface area contributed by atoms with Crippen molar-refractivity contribution in [2.45, 2.75) is 32.3 Å². The molecule has 2 aromatic rings. The average Bonchev–Trinajstić information content (AvgIpc) is 2.43. The lowest BCUT2D eigenvalue weighted by Gasteiger charge is -2.12. The molecule has 19 heavy (non-hydrogen) atoms. The number of hydrogen-bond donors (Lipinski definition) is 1. The molecule has 1 unspecified atom stereocenters. The molecule has 1 nitrogen and oxygen atoms in total. The minimum absolute atomic E-state index is 0.403. The molecule has 0 aliphatic rings. The van der Waals surface area contributed by atoms with Gasteiger partial charge in [-0.15, -0.1) is 0 Å². The van der Waals surface area contributed by atoms with Crippen LogP contribution in [0.5, 0.6) is 0 Å². The highest BCUT2D eigenvalue weighted by molar-refractivity contribution is 6.31. The second-order valence-corrected chi connectivity index (χ2v) is 5.31. The van der Waals surface area contributed by atoms with Crippen LogP contribution in [0.4, 0.5) is 0 Å². The van der Waals surface area contributed by atoms with E-state index in [2.05, 4.69) is 12.1 Å². The van der Waals surface area contributed by atoms with E-state index in [-0.39, 0.29) is 0 Å². The maximum atomic E-state index is 10.2. The molecular weight excluding hydrogens is 256 g/mol. The zero-order valence-electron chi connectivity index (χ0n) is 11.1. The van der Waals surface area contributed by atoms with Crippen molar-refractivity contribution in [3.05, 3.63) is 70.2 Å². The lowest BCUT2D eigenvalue weighted by molar-refractivity contribution is 0.164. The molecule has 0 amide bonds. The van der Waals surface area contributed by atoms with E-state index in [0.29, 0.717) is 0 Å². The molecule has 0 saturated carbocycles. The van der Waals surface area contributed by atoms with E-state index in [1.807, 2.05) is 43.3 Å². The summed E-state index contributed by atoms with van der Waals surface area (Å²) in [5.74, 6) is 0. The number of benzene rings is 2. The molecule has 100 valence electrons. The third kappa shape index (κ3) is 4.09. The summed E-state index contributed by atoms with van der Waals surface area (Å²) in [4.78, 5) is 0. The van der Waals surface area contributed by atoms with Gasteiger partial charge in [0.05, 0.1) is 6.10 Å². The van der Waals surface area contributed by atoms with E-state index >= 15 is 0 Å². The normalized spacial score (nSPS) is 12.4. The zero-order valence-corrected chi connectivity index (χ0v) is 11.9. The van der Waals surface area contributed by atoms with E-state index in [9.17, 15) is 5.11 Å². The van der Waals surface area contributed by atoms with Crippen molar-refractivity contribution in [1.29, 1.82) is 0 Å². The minimum atomic E-state index is -0.403. The molecule has 0 radical (unpaired) electrons. The van der Waals surface area contributed by atoms with E-state index < -0.39 is 6.10 Å².